The number of thiazole rings is 1. The number of nitrogens with one attached hydrogen (secondary N) is 2. The van der Waals surface area contributed by atoms with Gasteiger partial charge in [-0.25, -0.2) is 4.98 Å². The molecule has 128 valence electrons. The molecule has 1 aliphatic rings. The first-order valence-corrected chi connectivity index (χ1v) is 8.89. The fourth-order valence-corrected chi connectivity index (χ4v) is 3.43. The normalized spacial score (nSPS) is 15.1. The standard InChI is InChI=1S/C16H20N4O3S/c1-4-12-13(9(3)20-23-12)19-15(22)14(21)17-8(2)11-7-24-16(18-11)10-5-6-10/h7-8,10H,4-6H2,1-3H3,(H,17,21)(H,19,22)/t8-/m0/s1. The van der Waals surface area contributed by atoms with E-state index in [2.05, 4.69) is 20.8 Å². The Morgan fingerprint density at radius 3 is 2.83 bits per heavy atom. The molecule has 2 amide bonds. The van der Waals surface area contributed by atoms with Crippen molar-refractivity contribution < 1.29 is 14.1 Å². The molecule has 0 aromatic carbocycles. The minimum absolute atomic E-state index is 0.318. The fraction of sp³-hybridized carbons (Fsp3) is 0.500. The topological polar surface area (TPSA) is 97.1 Å². The Bertz CT molecular complexity index is 763. The van der Waals surface area contributed by atoms with Crippen LogP contribution in [0.4, 0.5) is 5.69 Å². The molecule has 0 radical (unpaired) electrons. The molecule has 0 saturated heterocycles. The molecule has 0 bridgehead atoms. The van der Waals surface area contributed by atoms with Gasteiger partial charge < -0.3 is 15.2 Å². The third-order valence-corrected chi connectivity index (χ3v) is 4.98. The van der Waals surface area contributed by atoms with Crippen molar-refractivity contribution in [1.82, 2.24) is 15.5 Å². The maximum atomic E-state index is 12.1. The molecule has 3 rings (SSSR count). The number of amides is 2. The van der Waals surface area contributed by atoms with E-state index in [9.17, 15) is 9.59 Å². The van der Waals surface area contributed by atoms with Crippen molar-refractivity contribution in [3.05, 3.63) is 27.5 Å². The minimum atomic E-state index is -0.736. The molecular formula is C16H20N4O3S. The minimum Gasteiger partial charge on any atom is -0.359 e. The average Bonchev–Trinajstić information content (AvgIpc) is 3.19. The quantitative estimate of drug-likeness (QED) is 0.810. The maximum absolute atomic E-state index is 12.1. The molecule has 1 saturated carbocycles. The van der Waals surface area contributed by atoms with Crippen LogP contribution in [-0.4, -0.2) is 22.0 Å². The number of hydrogen-bond donors (Lipinski definition) is 2. The molecule has 1 fully saturated rings. The highest BCUT2D eigenvalue weighted by atomic mass is 32.1. The number of hydrogen-bond acceptors (Lipinski definition) is 6. The van der Waals surface area contributed by atoms with Crippen LogP contribution in [-0.2, 0) is 16.0 Å². The summed E-state index contributed by atoms with van der Waals surface area (Å²) < 4.78 is 5.10. The molecule has 0 aliphatic heterocycles. The van der Waals surface area contributed by atoms with Crippen LogP contribution in [0.15, 0.2) is 9.90 Å². The number of rotatable bonds is 5. The Balaban J connectivity index is 1.60. The van der Waals surface area contributed by atoms with E-state index >= 15 is 0 Å². The molecule has 2 N–H and O–H groups in total. The van der Waals surface area contributed by atoms with Crippen molar-refractivity contribution >= 4 is 28.8 Å². The Morgan fingerprint density at radius 1 is 1.42 bits per heavy atom. The van der Waals surface area contributed by atoms with E-state index in [1.165, 1.54) is 12.8 Å². The first kappa shape index (κ1) is 16.6. The smallest absolute Gasteiger partial charge is 0.313 e. The zero-order chi connectivity index (χ0) is 17.3. The Hall–Kier alpha value is -2.22. The lowest BCUT2D eigenvalue weighted by atomic mass is 10.2. The zero-order valence-electron chi connectivity index (χ0n) is 13.9. The van der Waals surface area contributed by atoms with Crippen LogP contribution < -0.4 is 10.6 Å². The third kappa shape index (κ3) is 3.48. The van der Waals surface area contributed by atoms with Gasteiger partial charge in [0.2, 0.25) is 0 Å². The SMILES string of the molecule is CCc1onc(C)c1NC(=O)C(=O)N[C@@H](C)c1csc(C2CC2)n1. The van der Waals surface area contributed by atoms with Crippen molar-refractivity contribution in [3.8, 4) is 0 Å². The van der Waals surface area contributed by atoms with Crippen LogP contribution in [0.25, 0.3) is 0 Å². The number of anilines is 1. The van der Waals surface area contributed by atoms with Crippen LogP contribution in [0.2, 0.25) is 0 Å². The van der Waals surface area contributed by atoms with Crippen molar-refractivity contribution in [1.29, 1.82) is 0 Å². The molecule has 1 atom stereocenters. The van der Waals surface area contributed by atoms with Gasteiger partial charge in [-0.1, -0.05) is 12.1 Å². The zero-order valence-corrected chi connectivity index (χ0v) is 14.7. The van der Waals surface area contributed by atoms with Crippen LogP contribution in [0, 0.1) is 6.92 Å². The summed E-state index contributed by atoms with van der Waals surface area (Å²) in [4.78, 5) is 28.8. The molecule has 2 aromatic heterocycles. The Kier molecular flexibility index (Phi) is 4.66. The molecule has 2 heterocycles. The maximum Gasteiger partial charge on any atom is 0.313 e. The van der Waals surface area contributed by atoms with E-state index in [1.807, 2.05) is 19.2 Å². The summed E-state index contributed by atoms with van der Waals surface area (Å²) in [5.41, 5.74) is 1.81. The van der Waals surface area contributed by atoms with Gasteiger partial charge in [-0.15, -0.1) is 11.3 Å². The summed E-state index contributed by atoms with van der Waals surface area (Å²) in [6.07, 6.45) is 2.96. The average molecular weight is 348 g/mol. The lowest BCUT2D eigenvalue weighted by Gasteiger charge is -2.11. The highest BCUT2D eigenvalue weighted by Gasteiger charge is 2.28. The first-order chi connectivity index (χ1) is 11.5. The summed E-state index contributed by atoms with van der Waals surface area (Å²) >= 11 is 1.61. The monoisotopic (exact) mass is 348 g/mol. The predicted octanol–water partition coefficient (Wildman–Crippen LogP) is 2.70. The van der Waals surface area contributed by atoms with Crippen molar-refractivity contribution in [2.45, 2.75) is 52.0 Å². The lowest BCUT2D eigenvalue weighted by molar-refractivity contribution is -0.136. The molecule has 24 heavy (non-hydrogen) atoms. The van der Waals surface area contributed by atoms with E-state index < -0.39 is 11.8 Å². The Labute approximate surface area is 143 Å². The number of aryl methyl sites for hydroxylation is 2. The van der Waals surface area contributed by atoms with Gasteiger partial charge in [0.25, 0.3) is 0 Å². The van der Waals surface area contributed by atoms with E-state index in [1.54, 1.807) is 18.3 Å². The second-order valence-electron chi connectivity index (χ2n) is 5.95. The summed E-state index contributed by atoms with van der Waals surface area (Å²) in [5.74, 6) is -0.305. The molecule has 7 nitrogen and oxygen atoms in total. The van der Waals surface area contributed by atoms with Gasteiger partial charge in [0.15, 0.2) is 5.76 Å². The Morgan fingerprint density at radius 2 is 2.17 bits per heavy atom. The van der Waals surface area contributed by atoms with Gasteiger partial charge >= 0.3 is 11.8 Å². The van der Waals surface area contributed by atoms with Crippen molar-refractivity contribution in [3.63, 3.8) is 0 Å². The van der Waals surface area contributed by atoms with Crippen LogP contribution in [0.5, 0.6) is 0 Å². The van der Waals surface area contributed by atoms with Gasteiger partial charge in [0.05, 0.1) is 16.7 Å². The van der Waals surface area contributed by atoms with Crippen molar-refractivity contribution in [2.75, 3.05) is 5.32 Å². The first-order valence-electron chi connectivity index (χ1n) is 8.01. The molecule has 8 heteroatoms. The summed E-state index contributed by atoms with van der Waals surface area (Å²) in [6, 6.07) is -0.318. The van der Waals surface area contributed by atoms with Gasteiger partial charge in [0, 0.05) is 17.7 Å². The number of carbonyl (C=O) groups excluding carboxylic acids is 2. The fourth-order valence-electron chi connectivity index (χ4n) is 2.34. The highest BCUT2D eigenvalue weighted by Crippen LogP contribution is 2.41. The number of aromatic nitrogens is 2. The van der Waals surface area contributed by atoms with Gasteiger partial charge in [0.1, 0.15) is 11.4 Å². The second kappa shape index (κ2) is 6.72. The third-order valence-electron chi connectivity index (χ3n) is 3.96. The number of carbonyl (C=O) groups is 2. The van der Waals surface area contributed by atoms with Gasteiger partial charge in [-0.05, 0) is 26.7 Å². The molecule has 1 aliphatic carbocycles. The van der Waals surface area contributed by atoms with Crippen molar-refractivity contribution in [2.24, 2.45) is 0 Å². The summed E-state index contributed by atoms with van der Waals surface area (Å²) in [5, 5.41) is 12.1. The largest absolute Gasteiger partial charge is 0.359 e. The number of nitrogens with zero attached hydrogens (tertiary/aromatic N) is 2. The highest BCUT2D eigenvalue weighted by molar-refractivity contribution is 7.09. The second-order valence-corrected chi connectivity index (χ2v) is 6.84. The summed E-state index contributed by atoms with van der Waals surface area (Å²) in [7, 11) is 0. The predicted molar refractivity (Wildman–Crippen MR) is 89.9 cm³/mol. The van der Waals surface area contributed by atoms with Crippen LogP contribution >= 0.6 is 11.3 Å². The lowest BCUT2D eigenvalue weighted by Crippen LogP contribution is -2.37. The van der Waals surface area contributed by atoms with E-state index in [-0.39, 0.29) is 6.04 Å². The van der Waals surface area contributed by atoms with Crippen LogP contribution in [0.3, 0.4) is 0 Å². The van der Waals surface area contributed by atoms with Gasteiger partial charge in [-0.3, -0.25) is 9.59 Å². The molecule has 2 aromatic rings. The van der Waals surface area contributed by atoms with E-state index in [4.69, 9.17) is 4.52 Å². The molecule has 0 spiro atoms. The van der Waals surface area contributed by atoms with E-state index in [0.717, 1.165) is 10.7 Å². The van der Waals surface area contributed by atoms with Crippen LogP contribution in [0.1, 0.15) is 60.8 Å². The molecular weight excluding hydrogens is 328 g/mol. The van der Waals surface area contributed by atoms with E-state index in [0.29, 0.717) is 29.5 Å². The summed E-state index contributed by atoms with van der Waals surface area (Å²) in [6.45, 7) is 5.42. The molecule has 0 unspecified atom stereocenters. The van der Waals surface area contributed by atoms with Gasteiger partial charge in [-0.2, -0.15) is 0 Å².